The molecule has 10 heavy (non-hydrogen) atoms. The van der Waals surface area contributed by atoms with Crippen molar-refractivity contribution in [2.75, 3.05) is 6.54 Å². The SMILES string of the molecule is CC1CCC(CN)CC1N. The first-order chi connectivity index (χ1) is 4.74. The van der Waals surface area contributed by atoms with E-state index in [0.717, 1.165) is 13.0 Å². The average Bonchev–Trinajstić information content (AvgIpc) is 1.95. The van der Waals surface area contributed by atoms with Crippen LogP contribution in [0.25, 0.3) is 0 Å². The Morgan fingerprint density at radius 2 is 2.10 bits per heavy atom. The average molecular weight is 142 g/mol. The van der Waals surface area contributed by atoms with Gasteiger partial charge in [0, 0.05) is 6.04 Å². The molecule has 0 spiro atoms. The normalized spacial score (nSPS) is 41.7. The van der Waals surface area contributed by atoms with Gasteiger partial charge in [-0.15, -0.1) is 0 Å². The van der Waals surface area contributed by atoms with Gasteiger partial charge in [-0.2, -0.15) is 0 Å². The smallest absolute Gasteiger partial charge is 0.00676 e. The summed E-state index contributed by atoms with van der Waals surface area (Å²) in [7, 11) is 0. The lowest BCUT2D eigenvalue weighted by molar-refractivity contribution is 0.257. The lowest BCUT2D eigenvalue weighted by atomic mass is 9.80. The summed E-state index contributed by atoms with van der Waals surface area (Å²) < 4.78 is 0. The zero-order valence-corrected chi connectivity index (χ0v) is 6.72. The van der Waals surface area contributed by atoms with Crippen molar-refractivity contribution < 1.29 is 0 Å². The van der Waals surface area contributed by atoms with E-state index in [0.29, 0.717) is 17.9 Å². The topological polar surface area (TPSA) is 52.0 Å². The first-order valence-electron chi connectivity index (χ1n) is 4.19. The maximum absolute atomic E-state index is 5.89. The Morgan fingerprint density at radius 3 is 2.60 bits per heavy atom. The fourth-order valence-corrected chi connectivity index (χ4v) is 1.66. The second-order valence-corrected chi connectivity index (χ2v) is 3.56. The molecule has 0 saturated heterocycles. The minimum absolute atomic E-state index is 0.405. The Balaban J connectivity index is 2.33. The van der Waals surface area contributed by atoms with E-state index in [1.54, 1.807) is 0 Å². The molecule has 0 heterocycles. The maximum atomic E-state index is 5.89. The first-order valence-corrected chi connectivity index (χ1v) is 4.19. The van der Waals surface area contributed by atoms with Gasteiger partial charge in [0.05, 0.1) is 0 Å². The van der Waals surface area contributed by atoms with Crippen LogP contribution in [0, 0.1) is 11.8 Å². The van der Waals surface area contributed by atoms with E-state index in [4.69, 9.17) is 11.5 Å². The number of hydrogen-bond acceptors (Lipinski definition) is 2. The highest BCUT2D eigenvalue weighted by atomic mass is 14.7. The van der Waals surface area contributed by atoms with Crippen molar-refractivity contribution in [1.29, 1.82) is 0 Å². The van der Waals surface area contributed by atoms with Gasteiger partial charge in [0.1, 0.15) is 0 Å². The van der Waals surface area contributed by atoms with Crippen LogP contribution in [0.5, 0.6) is 0 Å². The second kappa shape index (κ2) is 3.35. The van der Waals surface area contributed by atoms with Gasteiger partial charge in [-0.05, 0) is 37.6 Å². The van der Waals surface area contributed by atoms with E-state index in [1.165, 1.54) is 12.8 Å². The fourth-order valence-electron chi connectivity index (χ4n) is 1.66. The van der Waals surface area contributed by atoms with Crippen molar-refractivity contribution in [3.8, 4) is 0 Å². The molecule has 1 aliphatic carbocycles. The Bertz CT molecular complexity index is 103. The number of nitrogens with two attached hydrogens (primary N) is 2. The van der Waals surface area contributed by atoms with Gasteiger partial charge >= 0.3 is 0 Å². The van der Waals surface area contributed by atoms with Crippen molar-refractivity contribution in [2.45, 2.75) is 32.2 Å². The molecule has 0 aromatic heterocycles. The van der Waals surface area contributed by atoms with Gasteiger partial charge in [-0.25, -0.2) is 0 Å². The molecule has 0 aromatic carbocycles. The standard InChI is InChI=1S/C8H18N2/c1-6-2-3-7(5-9)4-8(6)10/h6-8H,2-5,9-10H2,1H3. The zero-order valence-electron chi connectivity index (χ0n) is 6.72. The number of rotatable bonds is 1. The van der Waals surface area contributed by atoms with Gasteiger partial charge in [0.2, 0.25) is 0 Å². The summed E-state index contributed by atoms with van der Waals surface area (Å²) in [5.41, 5.74) is 11.4. The summed E-state index contributed by atoms with van der Waals surface area (Å²) in [5, 5.41) is 0. The van der Waals surface area contributed by atoms with E-state index in [1.807, 2.05) is 0 Å². The predicted octanol–water partition coefficient (Wildman–Crippen LogP) is 0.709. The maximum Gasteiger partial charge on any atom is 0.00676 e. The summed E-state index contributed by atoms with van der Waals surface area (Å²) in [6.07, 6.45) is 3.69. The molecule has 0 amide bonds. The molecule has 0 bridgehead atoms. The lowest BCUT2D eigenvalue weighted by Gasteiger charge is -2.30. The van der Waals surface area contributed by atoms with Gasteiger partial charge in [0.25, 0.3) is 0 Å². The molecule has 1 fully saturated rings. The van der Waals surface area contributed by atoms with E-state index in [2.05, 4.69) is 6.92 Å². The molecule has 2 heteroatoms. The third kappa shape index (κ3) is 1.70. The Labute approximate surface area is 63.0 Å². The van der Waals surface area contributed by atoms with Crippen LogP contribution >= 0.6 is 0 Å². The summed E-state index contributed by atoms with van der Waals surface area (Å²) in [6.45, 7) is 3.05. The summed E-state index contributed by atoms with van der Waals surface area (Å²) in [4.78, 5) is 0. The van der Waals surface area contributed by atoms with Crippen LogP contribution in [0.3, 0.4) is 0 Å². The van der Waals surface area contributed by atoms with E-state index in [-0.39, 0.29) is 0 Å². The molecule has 4 N–H and O–H groups in total. The van der Waals surface area contributed by atoms with Crippen LogP contribution in [-0.4, -0.2) is 12.6 Å². The van der Waals surface area contributed by atoms with Crippen molar-refractivity contribution in [1.82, 2.24) is 0 Å². The Hall–Kier alpha value is -0.0800. The Kier molecular flexibility index (Phi) is 2.69. The lowest BCUT2D eigenvalue weighted by Crippen LogP contribution is -2.37. The second-order valence-electron chi connectivity index (χ2n) is 3.56. The third-order valence-electron chi connectivity index (χ3n) is 2.70. The van der Waals surface area contributed by atoms with Crippen LogP contribution in [0.1, 0.15) is 26.2 Å². The molecule has 60 valence electrons. The highest BCUT2D eigenvalue weighted by Crippen LogP contribution is 2.26. The highest BCUT2D eigenvalue weighted by Gasteiger charge is 2.23. The fraction of sp³-hybridized carbons (Fsp3) is 1.00. The van der Waals surface area contributed by atoms with Gasteiger partial charge < -0.3 is 11.5 Å². The monoisotopic (exact) mass is 142 g/mol. The van der Waals surface area contributed by atoms with Crippen LogP contribution < -0.4 is 11.5 Å². The van der Waals surface area contributed by atoms with Crippen molar-refractivity contribution >= 4 is 0 Å². The molecule has 0 aliphatic heterocycles. The largest absolute Gasteiger partial charge is 0.330 e. The van der Waals surface area contributed by atoms with Crippen LogP contribution in [0.4, 0.5) is 0 Å². The molecule has 3 atom stereocenters. The van der Waals surface area contributed by atoms with Crippen molar-refractivity contribution in [3.05, 3.63) is 0 Å². The molecule has 3 unspecified atom stereocenters. The molecule has 1 saturated carbocycles. The molecule has 0 radical (unpaired) electrons. The summed E-state index contributed by atoms with van der Waals surface area (Å²) in [6, 6.07) is 0.405. The molecule has 1 aliphatic rings. The Morgan fingerprint density at radius 1 is 1.40 bits per heavy atom. The molecular formula is C8H18N2. The van der Waals surface area contributed by atoms with Crippen molar-refractivity contribution in [2.24, 2.45) is 23.3 Å². The van der Waals surface area contributed by atoms with Crippen LogP contribution in [0.2, 0.25) is 0 Å². The summed E-state index contributed by atoms with van der Waals surface area (Å²) in [5.74, 6) is 1.41. The van der Waals surface area contributed by atoms with Crippen molar-refractivity contribution in [3.63, 3.8) is 0 Å². The minimum atomic E-state index is 0.405. The van der Waals surface area contributed by atoms with E-state index >= 15 is 0 Å². The third-order valence-corrected chi connectivity index (χ3v) is 2.70. The van der Waals surface area contributed by atoms with Gasteiger partial charge in [0.15, 0.2) is 0 Å². The van der Waals surface area contributed by atoms with Crippen LogP contribution in [-0.2, 0) is 0 Å². The molecule has 2 nitrogen and oxygen atoms in total. The summed E-state index contributed by atoms with van der Waals surface area (Å²) >= 11 is 0. The minimum Gasteiger partial charge on any atom is -0.330 e. The van der Waals surface area contributed by atoms with Gasteiger partial charge in [-0.3, -0.25) is 0 Å². The number of hydrogen-bond donors (Lipinski definition) is 2. The molecular weight excluding hydrogens is 124 g/mol. The highest BCUT2D eigenvalue weighted by molar-refractivity contribution is 4.80. The van der Waals surface area contributed by atoms with Crippen LogP contribution in [0.15, 0.2) is 0 Å². The first kappa shape index (κ1) is 8.02. The molecule has 1 rings (SSSR count). The van der Waals surface area contributed by atoms with Gasteiger partial charge in [-0.1, -0.05) is 6.92 Å². The predicted molar refractivity (Wildman–Crippen MR) is 43.5 cm³/mol. The quantitative estimate of drug-likeness (QED) is 0.566. The molecule has 0 aromatic rings. The van der Waals surface area contributed by atoms with E-state index < -0.39 is 0 Å². The van der Waals surface area contributed by atoms with E-state index in [9.17, 15) is 0 Å². The zero-order chi connectivity index (χ0) is 7.56.